The number of imide groups is 1. The molecule has 19 heteroatoms. The Hall–Kier alpha value is -5.53. The van der Waals surface area contributed by atoms with E-state index in [1.807, 2.05) is 18.2 Å². The smallest absolute Gasteiger partial charge is 0.255 e. The zero-order valence-corrected chi connectivity index (χ0v) is 37.2. The zero-order valence-electron chi connectivity index (χ0n) is 35.7. The first kappa shape index (κ1) is 44.1. The Balaban J connectivity index is 0.829. The number of nitrogens with zero attached hydrogens (tertiary/aromatic N) is 6. The van der Waals surface area contributed by atoms with Crippen molar-refractivity contribution in [2.45, 2.75) is 63.4 Å². The van der Waals surface area contributed by atoms with Crippen molar-refractivity contribution in [2.24, 2.45) is 5.14 Å². The number of nitrogens with two attached hydrogens (primary N) is 1. The molecule has 4 aliphatic heterocycles. The van der Waals surface area contributed by atoms with Gasteiger partial charge in [-0.15, -0.1) is 0 Å². The van der Waals surface area contributed by atoms with Gasteiger partial charge in [-0.3, -0.25) is 24.6 Å². The number of carbonyl (C=O) groups is 3. The highest BCUT2D eigenvalue weighted by atomic mass is 35.5. The number of piperazine rings is 1. The number of aromatic nitrogens is 2. The lowest BCUT2D eigenvalue weighted by molar-refractivity contribution is -0.136. The van der Waals surface area contributed by atoms with Gasteiger partial charge < -0.3 is 34.8 Å². The van der Waals surface area contributed by atoms with Crippen LogP contribution in [0.25, 0.3) is 0 Å². The number of methoxy groups -OCH3 is 2. The molecule has 334 valence electrons. The number of hydrogen-bond acceptors (Lipinski definition) is 14. The lowest BCUT2D eigenvalue weighted by Gasteiger charge is -2.43. The summed E-state index contributed by atoms with van der Waals surface area (Å²) in [7, 11) is -0.791. The lowest BCUT2D eigenvalue weighted by atomic mass is 10.00. The van der Waals surface area contributed by atoms with Crippen LogP contribution in [0.4, 0.5) is 28.8 Å². The summed E-state index contributed by atoms with van der Waals surface area (Å²) in [4.78, 5) is 55.4. The monoisotopic (exact) mass is 900 g/mol. The van der Waals surface area contributed by atoms with Crippen LogP contribution in [0.3, 0.4) is 0 Å². The number of hydrogen-bond donors (Lipinski definition) is 4. The van der Waals surface area contributed by atoms with E-state index in [2.05, 4.69) is 59.7 Å². The molecule has 8 rings (SSSR count). The average molecular weight is 901 g/mol. The van der Waals surface area contributed by atoms with Gasteiger partial charge >= 0.3 is 0 Å². The largest absolute Gasteiger partial charge is 0.496 e. The van der Waals surface area contributed by atoms with Crippen molar-refractivity contribution < 1.29 is 32.3 Å². The number of halogens is 1. The highest BCUT2D eigenvalue weighted by molar-refractivity contribution is 7.88. The van der Waals surface area contributed by atoms with Crippen LogP contribution in [-0.2, 0) is 38.3 Å². The molecule has 63 heavy (non-hydrogen) atoms. The van der Waals surface area contributed by atoms with E-state index in [1.165, 1.54) is 18.9 Å². The Bertz CT molecular complexity index is 2510. The minimum absolute atomic E-state index is 0.141. The molecule has 1 aromatic heterocycles. The molecule has 4 aromatic rings. The number of benzene rings is 3. The van der Waals surface area contributed by atoms with Crippen molar-refractivity contribution in [1.82, 2.24) is 30.0 Å². The van der Waals surface area contributed by atoms with Gasteiger partial charge in [0.1, 0.15) is 22.6 Å². The van der Waals surface area contributed by atoms with Crippen molar-refractivity contribution >= 4 is 68.2 Å². The number of sulfonamides is 1. The fourth-order valence-electron chi connectivity index (χ4n) is 9.17. The van der Waals surface area contributed by atoms with E-state index in [0.29, 0.717) is 53.0 Å². The van der Waals surface area contributed by atoms with Crippen molar-refractivity contribution in [1.29, 1.82) is 0 Å². The maximum atomic E-state index is 13.1. The highest BCUT2D eigenvalue weighted by Crippen LogP contribution is 2.38. The summed E-state index contributed by atoms with van der Waals surface area (Å²) in [5, 5.41) is 14.4. The predicted octanol–water partition coefficient (Wildman–Crippen LogP) is 4.32. The van der Waals surface area contributed by atoms with Gasteiger partial charge in [-0.05, 0) is 73.6 Å². The van der Waals surface area contributed by atoms with Crippen LogP contribution in [0.15, 0.2) is 54.7 Å². The fourth-order valence-corrected chi connectivity index (χ4v) is 10.0. The molecule has 3 aromatic carbocycles. The quantitative estimate of drug-likeness (QED) is 0.130. The van der Waals surface area contributed by atoms with Crippen molar-refractivity contribution in [2.75, 3.05) is 75.6 Å². The second-order valence-electron chi connectivity index (χ2n) is 16.5. The Labute approximate surface area is 372 Å². The number of fused-ring (bicyclic) bond motifs is 1. The van der Waals surface area contributed by atoms with Crippen LogP contribution < -0.4 is 35.5 Å². The Morgan fingerprint density at radius 2 is 1.68 bits per heavy atom. The first-order valence-electron chi connectivity index (χ1n) is 21.2. The van der Waals surface area contributed by atoms with E-state index >= 15 is 0 Å². The van der Waals surface area contributed by atoms with Gasteiger partial charge in [-0.1, -0.05) is 29.8 Å². The third kappa shape index (κ3) is 10.00. The first-order valence-corrected chi connectivity index (χ1v) is 23.3. The molecule has 5 N–H and O–H groups in total. The molecule has 1 unspecified atom stereocenters. The summed E-state index contributed by atoms with van der Waals surface area (Å²) in [6, 6.07) is 15.1. The second-order valence-corrected chi connectivity index (χ2v) is 18.5. The summed E-state index contributed by atoms with van der Waals surface area (Å²) in [6.07, 6.45) is 5.07. The number of piperidine rings is 2. The molecule has 3 fully saturated rings. The van der Waals surface area contributed by atoms with Crippen LogP contribution >= 0.6 is 11.6 Å². The molecule has 1 atom stereocenters. The average Bonchev–Trinajstić information content (AvgIpc) is 3.59. The van der Waals surface area contributed by atoms with Gasteiger partial charge in [-0.25, -0.2) is 18.5 Å². The van der Waals surface area contributed by atoms with Gasteiger partial charge in [0.05, 0.1) is 31.9 Å². The molecule has 3 amide bonds. The van der Waals surface area contributed by atoms with Crippen molar-refractivity contribution in [3.8, 4) is 11.5 Å². The number of amides is 3. The number of primary sulfonamides is 1. The number of rotatable bonds is 14. The SMILES string of the molecule is COc1cc(N2CCC(N3CCN(CCc4ccc5c(c4)CN(C4CCC(=O)NC4=O)C5=O)CC3)CC2)c(C)cc1Nc1ncc(Cl)c(Nc2cccc(OC)c2CS(N)(=O)=O)n1. The van der Waals surface area contributed by atoms with E-state index in [4.69, 9.17) is 26.2 Å². The van der Waals surface area contributed by atoms with Crippen LogP contribution in [0, 0.1) is 6.92 Å². The van der Waals surface area contributed by atoms with Crippen molar-refractivity contribution in [3.05, 3.63) is 87.6 Å². The van der Waals surface area contributed by atoms with Crippen LogP contribution in [-0.4, -0.2) is 123 Å². The molecule has 17 nitrogen and oxygen atoms in total. The topological polar surface area (TPSA) is 205 Å². The second kappa shape index (κ2) is 18.7. The van der Waals surface area contributed by atoms with Gasteiger partial charge in [0.15, 0.2) is 5.82 Å². The Morgan fingerprint density at radius 1 is 0.921 bits per heavy atom. The number of anilines is 5. The third-order valence-corrected chi connectivity index (χ3v) is 13.5. The molecule has 0 bridgehead atoms. The number of nitrogens with one attached hydrogen (secondary N) is 3. The Kier molecular flexibility index (Phi) is 13.1. The molecule has 3 saturated heterocycles. The predicted molar refractivity (Wildman–Crippen MR) is 241 cm³/mol. The Morgan fingerprint density at radius 3 is 2.40 bits per heavy atom. The van der Waals surface area contributed by atoms with Crippen LogP contribution in [0.1, 0.15) is 58.3 Å². The standard InChI is InChI=1S/C44H53ClN10O7S/c1-27-21-35(49-44-47-24-33(45)41(51-44)48-34-5-4-6-38(61-2)32(34)26-63(46,59)60)39(62-3)23-37(27)54-15-12-30(13-16-54)53-19-17-52(18-20-53)14-11-28-7-8-31-29(22-28)25-55(43(31)58)36-9-10-40(56)50-42(36)57/h4-8,21-24,30,36H,9-20,25-26H2,1-3H3,(H2,46,59,60)(H,50,56,57)(H2,47,48,49,51). The summed E-state index contributed by atoms with van der Waals surface area (Å²) < 4.78 is 35.3. The maximum absolute atomic E-state index is 13.1. The normalized spacial score (nSPS) is 18.9. The van der Waals surface area contributed by atoms with Gasteiger partial charge in [0.25, 0.3) is 5.91 Å². The number of ether oxygens (including phenoxy) is 2. The molecule has 0 aliphatic carbocycles. The maximum Gasteiger partial charge on any atom is 0.255 e. The van der Waals surface area contributed by atoms with E-state index in [0.717, 1.165) is 81.9 Å². The summed E-state index contributed by atoms with van der Waals surface area (Å²) in [6.45, 7) is 9.33. The molecule has 0 radical (unpaired) electrons. The molecular weight excluding hydrogens is 848 g/mol. The van der Waals surface area contributed by atoms with E-state index in [-0.39, 0.29) is 40.9 Å². The molecule has 0 spiro atoms. The minimum atomic E-state index is -3.87. The highest BCUT2D eigenvalue weighted by Gasteiger charge is 2.39. The molecule has 0 saturated carbocycles. The minimum Gasteiger partial charge on any atom is -0.496 e. The third-order valence-electron chi connectivity index (χ3n) is 12.5. The summed E-state index contributed by atoms with van der Waals surface area (Å²) in [5.74, 6) is 0.233. The van der Waals surface area contributed by atoms with Crippen LogP contribution in [0.2, 0.25) is 5.02 Å². The van der Waals surface area contributed by atoms with Crippen molar-refractivity contribution in [3.63, 3.8) is 0 Å². The zero-order chi connectivity index (χ0) is 44.4. The molecule has 5 heterocycles. The van der Waals surface area contributed by atoms with Gasteiger partial charge in [0.2, 0.25) is 27.8 Å². The number of aryl methyl sites for hydroxylation is 1. The van der Waals surface area contributed by atoms with Crippen LogP contribution in [0.5, 0.6) is 11.5 Å². The van der Waals surface area contributed by atoms with E-state index in [9.17, 15) is 22.8 Å². The number of carbonyl (C=O) groups excluding carboxylic acids is 3. The summed E-state index contributed by atoms with van der Waals surface area (Å²) in [5.41, 5.74) is 6.41. The fraction of sp³-hybridized carbons (Fsp3) is 0.432. The molecule has 4 aliphatic rings. The van der Waals surface area contributed by atoms with E-state index < -0.39 is 21.8 Å². The van der Waals surface area contributed by atoms with E-state index in [1.54, 1.807) is 30.2 Å². The molecular formula is C44H53ClN10O7S. The lowest BCUT2D eigenvalue weighted by Crippen LogP contribution is -2.53. The summed E-state index contributed by atoms with van der Waals surface area (Å²) >= 11 is 6.50. The van der Waals surface area contributed by atoms with Gasteiger partial charge in [0, 0.05) is 93.4 Å². The first-order chi connectivity index (χ1) is 30.3. The van der Waals surface area contributed by atoms with Gasteiger partial charge in [-0.2, -0.15) is 4.98 Å².